The van der Waals surface area contributed by atoms with E-state index in [4.69, 9.17) is 11.6 Å². The number of nitrogens with zero attached hydrogens (tertiary/aromatic N) is 1. The third-order valence-electron chi connectivity index (χ3n) is 3.30. The Labute approximate surface area is 131 Å². The summed E-state index contributed by atoms with van der Waals surface area (Å²) in [5.41, 5.74) is 1.40. The van der Waals surface area contributed by atoms with Crippen LogP contribution < -0.4 is 5.32 Å². The monoisotopic (exact) mass is 292 g/mol. The van der Waals surface area contributed by atoms with E-state index in [0.29, 0.717) is 17.3 Å². The van der Waals surface area contributed by atoms with Gasteiger partial charge in [-0.05, 0) is 50.1 Å². The molecule has 1 atom stereocenters. The molecule has 1 saturated heterocycles. The van der Waals surface area contributed by atoms with Gasteiger partial charge in [0.05, 0.1) is 7.41 Å². The highest BCUT2D eigenvalue weighted by Crippen LogP contribution is 2.21. The number of hydrogen-bond acceptors (Lipinski definition) is 3. The topological polar surface area (TPSA) is 57.4 Å². The zero-order valence-corrected chi connectivity index (χ0v) is 12.0. The van der Waals surface area contributed by atoms with Crippen LogP contribution in [-0.4, -0.2) is 49.2 Å². The Morgan fingerprint density at radius 1 is 1.52 bits per heavy atom. The van der Waals surface area contributed by atoms with Gasteiger partial charge in [0.15, 0.2) is 0 Å². The lowest BCUT2D eigenvalue weighted by Gasteiger charge is -2.09. The van der Waals surface area contributed by atoms with Crippen molar-refractivity contribution in [2.75, 3.05) is 27.2 Å². The Kier molecular flexibility index (Phi) is 2.50. The van der Waals surface area contributed by atoms with Crippen LogP contribution in [0.25, 0.3) is 10.9 Å². The second-order valence-corrected chi connectivity index (χ2v) is 5.28. The molecule has 2 aromatic rings. The number of carbonyl (C=O) groups is 1. The van der Waals surface area contributed by atoms with Gasteiger partial charge in [0.25, 0.3) is 0 Å². The Hall–Kier alpha value is -2.01. The molecule has 21 heavy (non-hydrogen) atoms. The molecule has 0 radical (unpaired) electrons. The number of alkyl carbamates (subject to hydrolysis) is 1. The first-order valence-corrected chi connectivity index (χ1v) is 6.76. The Morgan fingerprint density at radius 3 is 3.10 bits per heavy atom. The third-order valence-corrected chi connectivity index (χ3v) is 3.30. The molecule has 0 saturated carbocycles. The summed E-state index contributed by atoms with van der Waals surface area (Å²) in [6.07, 6.45) is -2.51. The lowest BCUT2D eigenvalue weighted by Crippen LogP contribution is -2.28. The molecule has 2 heterocycles. The lowest BCUT2D eigenvalue weighted by molar-refractivity contribution is 0.177. The van der Waals surface area contributed by atoms with E-state index in [0.717, 1.165) is 5.56 Å². The van der Waals surface area contributed by atoms with Gasteiger partial charge in [-0.1, -0.05) is 6.07 Å². The minimum absolute atomic E-state index is 0.0141. The summed E-state index contributed by atoms with van der Waals surface area (Å²) >= 11 is 0. The van der Waals surface area contributed by atoms with E-state index in [-0.39, 0.29) is 24.4 Å². The van der Waals surface area contributed by atoms with Crippen molar-refractivity contribution in [3.05, 3.63) is 35.5 Å². The molecule has 0 unspecified atom stereocenters. The highest BCUT2D eigenvalue weighted by molar-refractivity contribution is 5.84. The van der Waals surface area contributed by atoms with Crippen LogP contribution in [0.5, 0.6) is 0 Å². The van der Waals surface area contributed by atoms with Crippen LogP contribution in [0, 0.1) is 0 Å². The number of cyclic esters (lactones) is 1. The van der Waals surface area contributed by atoms with Gasteiger partial charge in [0.1, 0.15) is 6.61 Å². The summed E-state index contributed by atoms with van der Waals surface area (Å²) < 4.78 is 46.1. The van der Waals surface area contributed by atoms with Crippen molar-refractivity contribution < 1.29 is 16.4 Å². The number of H-pyrrole nitrogens is 1. The second-order valence-electron chi connectivity index (χ2n) is 5.28. The summed E-state index contributed by atoms with van der Waals surface area (Å²) in [6, 6.07) is 5.16. The van der Waals surface area contributed by atoms with E-state index < -0.39 is 19.0 Å². The maximum atomic E-state index is 11.2. The molecule has 5 heteroatoms. The Morgan fingerprint density at radius 2 is 2.38 bits per heavy atom. The molecule has 2 N–H and O–H groups in total. The molecule has 0 aliphatic carbocycles. The van der Waals surface area contributed by atoms with E-state index in [9.17, 15) is 4.79 Å². The van der Waals surface area contributed by atoms with Crippen LogP contribution in [0.1, 0.15) is 18.0 Å². The van der Waals surface area contributed by atoms with Crippen LogP contribution >= 0.6 is 0 Å². The van der Waals surface area contributed by atoms with Gasteiger partial charge in [0.2, 0.25) is 0 Å². The van der Waals surface area contributed by atoms with Crippen molar-refractivity contribution in [1.29, 1.82) is 0 Å². The van der Waals surface area contributed by atoms with Gasteiger partial charge in [-0.3, -0.25) is 0 Å². The SMILES string of the molecule is [2H]c1[nH]c2ccc(C[C@H]3COC(=O)N3)cc2c1C([2H])([2H])C([2H])([2H])N(C)C. The number of rotatable bonds is 5. The van der Waals surface area contributed by atoms with Crippen LogP contribution in [0.3, 0.4) is 0 Å². The van der Waals surface area contributed by atoms with E-state index in [1.165, 1.54) is 19.0 Å². The standard InChI is InChI=1S/C16H21N3O2/c1-19(2)6-5-12-9-17-15-4-3-11(8-14(12)15)7-13-10-21-16(20)18-13/h3-4,8-9,13,17H,5-7,10H2,1-2H3,(H,18,20)/t13-/m0/s1/i5D2,6D2,9D. The summed E-state index contributed by atoms with van der Waals surface area (Å²) in [5.74, 6) is 0. The molecule has 0 spiro atoms. The first kappa shape index (κ1) is 9.10. The van der Waals surface area contributed by atoms with Crippen LogP contribution in [0.2, 0.25) is 0 Å². The molecule has 3 rings (SSSR count). The van der Waals surface area contributed by atoms with Crippen molar-refractivity contribution in [2.24, 2.45) is 0 Å². The minimum atomic E-state index is -2.41. The van der Waals surface area contributed by atoms with Gasteiger partial charge in [0, 0.05) is 29.1 Å². The maximum absolute atomic E-state index is 11.2. The average Bonchev–Trinajstić information content (AvgIpc) is 3.09. The first-order valence-electron chi connectivity index (χ1n) is 9.26. The summed E-state index contributed by atoms with van der Waals surface area (Å²) in [7, 11) is 2.93. The fraction of sp³-hybridized carbons (Fsp3) is 0.438. The molecular weight excluding hydrogens is 266 g/mol. The number of carbonyl (C=O) groups excluding carboxylic acids is 1. The number of aromatic amines is 1. The van der Waals surface area contributed by atoms with E-state index >= 15 is 0 Å². The number of ether oxygens (including phenoxy) is 1. The fourth-order valence-electron chi connectivity index (χ4n) is 2.32. The lowest BCUT2D eigenvalue weighted by atomic mass is 10.0. The second kappa shape index (κ2) is 5.77. The number of fused-ring (bicyclic) bond motifs is 1. The number of benzene rings is 1. The van der Waals surface area contributed by atoms with Gasteiger partial charge in [-0.2, -0.15) is 0 Å². The molecule has 1 aliphatic rings. The van der Waals surface area contributed by atoms with E-state index in [1.54, 1.807) is 12.1 Å². The highest BCUT2D eigenvalue weighted by Gasteiger charge is 2.22. The minimum Gasteiger partial charge on any atom is -0.447 e. The normalized spacial score (nSPS) is 23.1. The molecule has 1 fully saturated rings. The summed E-state index contributed by atoms with van der Waals surface area (Å²) in [6.45, 7) is -2.04. The molecule has 5 nitrogen and oxygen atoms in total. The van der Waals surface area contributed by atoms with Gasteiger partial charge < -0.3 is 19.9 Å². The Bertz CT molecular complexity index is 850. The number of aromatic nitrogens is 1. The number of hydrogen-bond donors (Lipinski definition) is 2. The molecule has 112 valence electrons. The molecule has 1 aliphatic heterocycles. The number of nitrogens with one attached hydrogen (secondary N) is 2. The maximum Gasteiger partial charge on any atom is 0.407 e. The molecule has 1 aromatic heterocycles. The van der Waals surface area contributed by atoms with Crippen LogP contribution in [-0.2, 0) is 17.5 Å². The number of likely N-dealkylation sites (N-methyl/N-ethyl adjacent to an activating group) is 1. The van der Waals surface area contributed by atoms with Crippen LogP contribution in [0.4, 0.5) is 4.79 Å². The highest BCUT2D eigenvalue weighted by atomic mass is 16.6. The zero-order chi connectivity index (χ0) is 19.3. The van der Waals surface area contributed by atoms with E-state index in [2.05, 4.69) is 10.3 Å². The molecule has 1 amide bonds. The molecule has 1 aromatic carbocycles. The number of amides is 1. The van der Waals surface area contributed by atoms with Crippen molar-refractivity contribution >= 4 is 17.0 Å². The predicted octanol–water partition coefficient (Wildman–Crippen LogP) is 1.92. The fourth-order valence-corrected chi connectivity index (χ4v) is 2.32. The molecular formula is C16H21N3O2. The predicted molar refractivity (Wildman–Crippen MR) is 82.5 cm³/mol. The first-order chi connectivity index (χ1) is 12.0. The summed E-state index contributed by atoms with van der Waals surface area (Å²) in [5, 5.41) is 3.16. The van der Waals surface area contributed by atoms with Crippen molar-refractivity contribution in [3.8, 4) is 0 Å². The third kappa shape index (κ3) is 3.19. The van der Waals surface area contributed by atoms with E-state index in [1.807, 2.05) is 6.07 Å². The van der Waals surface area contributed by atoms with Gasteiger partial charge in [-0.15, -0.1) is 0 Å². The smallest absolute Gasteiger partial charge is 0.407 e. The van der Waals surface area contributed by atoms with Crippen molar-refractivity contribution in [1.82, 2.24) is 15.2 Å². The molecule has 0 bridgehead atoms. The van der Waals surface area contributed by atoms with Crippen molar-refractivity contribution in [2.45, 2.75) is 18.8 Å². The van der Waals surface area contributed by atoms with Gasteiger partial charge >= 0.3 is 6.09 Å². The number of aryl methyl sites for hydroxylation is 1. The van der Waals surface area contributed by atoms with Crippen LogP contribution in [0.15, 0.2) is 24.4 Å². The van der Waals surface area contributed by atoms with Gasteiger partial charge in [-0.25, -0.2) is 4.79 Å². The quantitative estimate of drug-likeness (QED) is 0.885. The average molecular weight is 292 g/mol. The largest absolute Gasteiger partial charge is 0.447 e. The zero-order valence-electron chi connectivity index (χ0n) is 17.0. The Balaban J connectivity index is 2.04. The van der Waals surface area contributed by atoms with Crippen molar-refractivity contribution in [3.63, 3.8) is 0 Å². The summed E-state index contributed by atoms with van der Waals surface area (Å²) in [4.78, 5) is 15.1.